The van der Waals surface area contributed by atoms with Gasteiger partial charge in [-0.05, 0) is 11.5 Å². The standard InChI is InChI=1S/C12H13NO3.Na/c1-2-11(14)13-10(12(15)16)8-9-6-4-3-5-7-9;/h2-7,10H,1,8H2,(H,13,14)(H,15,16);/q;+1/p-1/t10-;/m1./s1. The van der Waals surface area contributed by atoms with E-state index in [0.717, 1.165) is 11.6 Å². The van der Waals surface area contributed by atoms with Crippen molar-refractivity contribution in [1.29, 1.82) is 0 Å². The molecule has 0 aliphatic carbocycles. The zero-order valence-electron chi connectivity index (χ0n) is 9.67. The van der Waals surface area contributed by atoms with Gasteiger partial charge in [0.1, 0.15) is 0 Å². The Morgan fingerprint density at radius 3 is 2.53 bits per heavy atom. The summed E-state index contributed by atoms with van der Waals surface area (Å²) in [6.07, 6.45) is 1.21. The quantitative estimate of drug-likeness (QED) is 0.356. The molecule has 0 unspecified atom stereocenters. The zero-order valence-corrected chi connectivity index (χ0v) is 11.7. The van der Waals surface area contributed by atoms with E-state index in [1.165, 1.54) is 0 Å². The van der Waals surface area contributed by atoms with Crippen LogP contribution in [0.4, 0.5) is 0 Å². The van der Waals surface area contributed by atoms with Gasteiger partial charge in [-0.2, -0.15) is 0 Å². The van der Waals surface area contributed by atoms with Crippen molar-refractivity contribution in [3.05, 3.63) is 48.6 Å². The molecule has 0 spiro atoms. The fraction of sp³-hybridized carbons (Fsp3) is 0.167. The Morgan fingerprint density at radius 2 is 2.06 bits per heavy atom. The van der Waals surface area contributed by atoms with E-state index >= 15 is 0 Å². The van der Waals surface area contributed by atoms with Crippen molar-refractivity contribution in [3.8, 4) is 0 Å². The van der Waals surface area contributed by atoms with Gasteiger partial charge in [-0.1, -0.05) is 43.0 Å². The fourth-order valence-electron chi connectivity index (χ4n) is 1.23. The minimum atomic E-state index is -1.11. The topological polar surface area (TPSA) is 72.7 Å². The molecule has 17 heavy (non-hydrogen) atoms. The van der Waals surface area contributed by atoms with Crippen LogP contribution in [0.3, 0.4) is 0 Å². The van der Waals surface area contributed by atoms with Crippen LogP contribution in [0.2, 0.25) is 0 Å². The summed E-state index contributed by atoms with van der Waals surface area (Å²) in [4.78, 5) is 14.4. The SMILES string of the molecule is C=CC([O-])=N[C@H](Cc1ccccc1)C(=O)O.[Na+]. The molecule has 0 bridgehead atoms. The van der Waals surface area contributed by atoms with Gasteiger partial charge in [-0.3, -0.25) is 4.99 Å². The molecule has 0 aromatic heterocycles. The Labute approximate surface area is 122 Å². The molecule has 0 fully saturated rings. The third kappa shape index (κ3) is 5.68. The summed E-state index contributed by atoms with van der Waals surface area (Å²) in [6, 6.07) is 8.00. The van der Waals surface area contributed by atoms with Crippen molar-refractivity contribution in [2.24, 2.45) is 4.99 Å². The first-order valence-corrected chi connectivity index (χ1v) is 4.77. The van der Waals surface area contributed by atoms with Crippen molar-refractivity contribution in [1.82, 2.24) is 0 Å². The summed E-state index contributed by atoms with van der Waals surface area (Å²) in [5.41, 5.74) is 0.829. The van der Waals surface area contributed by atoms with Crippen LogP contribution in [-0.4, -0.2) is 23.0 Å². The van der Waals surface area contributed by atoms with Crippen LogP contribution >= 0.6 is 0 Å². The summed E-state index contributed by atoms with van der Waals surface area (Å²) < 4.78 is 0. The molecule has 1 aromatic carbocycles. The van der Waals surface area contributed by atoms with E-state index in [1.807, 2.05) is 18.2 Å². The molecule has 0 aliphatic heterocycles. The Morgan fingerprint density at radius 1 is 1.47 bits per heavy atom. The maximum Gasteiger partial charge on any atom is 1.00 e. The maximum absolute atomic E-state index is 11.0. The van der Waals surface area contributed by atoms with Gasteiger partial charge in [-0.15, -0.1) is 0 Å². The first kappa shape index (κ1) is 15.9. The van der Waals surface area contributed by atoms with Crippen LogP contribution in [-0.2, 0) is 11.2 Å². The minimum Gasteiger partial charge on any atom is -0.859 e. The normalized spacial score (nSPS) is 12.4. The van der Waals surface area contributed by atoms with E-state index in [1.54, 1.807) is 12.1 Å². The van der Waals surface area contributed by atoms with Crippen molar-refractivity contribution in [2.75, 3.05) is 0 Å². The summed E-state index contributed by atoms with van der Waals surface area (Å²) in [7, 11) is 0. The predicted octanol–water partition coefficient (Wildman–Crippen LogP) is -2.37. The van der Waals surface area contributed by atoms with Gasteiger partial charge in [0.15, 0.2) is 6.04 Å². The van der Waals surface area contributed by atoms with Gasteiger partial charge in [-0.25, -0.2) is 4.79 Å². The number of benzene rings is 1. The van der Waals surface area contributed by atoms with Crippen molar-refractivity contribution >= 4 is 11.9 Å². The second-order valence-corrected chi connectivity index (χ2v) is 3.22. The number of carboxylic acid groups (broad SMARTS) is 1. The Balaban J connectivity index is 0.00000256. The Hall–Kier alpha value is -1.10. The van der Waals surface area contributed by atoms with Gasteiger partial charge < -0.3 is 10.2 Å². The molecule has 1 atom stereocenters. The number of aliphatic carboxylic acids is 1. The van der Waals surface area contributed by atoms with Crippen LogP contribution in [0.1, 0.15) is 5.56 Å². The molecule has 0 heterocycles. The average molecular weight is 241 g/mol. The van der Waals surface area contributed by atoms with Gasteiger partial charge >= 0.3 is 35.5 Å². The van der Waals surface area contributed by atoms with Crippen molar-refractivity contribution in [2.45, 2.75) is 12.5 Å². The minimum absolute atomic E-state index is 0. The molecule has 84 valence electrons. The van der Waals surface area contributed by atoms with Crippen molar-refractivity contribution in [3.63, 3.8) is 0 Å². The second-order valence-electron chi connectivity index (χ2n) is 3.22. The molecule has 5 heteroatoms. The zero-order chi connectivity index (χ0) is 12.0. The summed E-state index contributed by atoms with van der Waals surface area (Å²) in [6.45, 7) is 3.24. The molecule has 0 saturated carbocycles. The van der Waals surface area contributed by atoms with E-state index in [0.29, 0.717) is 0 Å². The monoisotopic (exact) mass is 241 g/mol. The van der Waals surface area contributed by atoms with Crippen LogP contribution in [0.5, 0.6) is 0 Å². The van der Waals surface area contributed by atoms with Crippen LogP contribution in [0.25, 0.3) is 0 Å². The number of hydrogen-bond acceptors (Lipinski definition) is 3. The molecular formula is C12H12NNaO3. The largest absolute Gasteiger partial charge is 1.00 e. The van der Waals surface area contributed by atoms with Crippen molar-refractivity contribution < 1.29 is 44.6 Å². The molecule has 0 saturated heterocycles. The first-order chi connectivity index (χ1) is 7.63. The number of carboxylic acids is 1. The van der Waals surface area contributed by atoms with Gasteiger partial charge in [0, 0.05) is 6.42 Å². The number of carbonyl (C=O) groups is 1. The third-order valence-corrected chi connectivity index (χ3v) is 2.01. The third-order valence-electron chi connectivity index (χ3n) is 2.01. The summed E-state index contributed by atoms with van der Waals surface area (Å²) >= 11 is 0. The summed E-state index contributed by atoms with van der Waals surface area (Å²) in [5.74, 6) is -1.72. The molecule has 0 aliphatic rings. The van der Waals surface area contributed by atoms with Crippen LogP contribution < -0.4 is 34.7 Å². The first-order valence-electron chi connectivity index (χ1n) is 4.77. The Kier molecular flexibility index (Phi) is 7.54. The number of hydrogen-bond donors (Lipinski definition) is 1. The number of rotatable bonds is 5. The van der Waals surface area contributed by atoms with Gasteiger partial charge in [0.05, 0.1) is 0 Å². The van der Waals surface area contributed by atoms with E-state index in [4.69, 9.17) is 5.11 Å². The van der Waals surface area contributed by atoms with Gasteiger partial charge in [0.2, 0.25) is 0 Å². The smallest absolute Gasteiger partial charge is 0.859 e. The molecule has 1 N–H and O–H groups in total. The number of nitrogens with zero attached hydrogens (tertiary/aromatic N) is 1. The van der Waals surface area contributed by atoms with Crippen LogP contribution in [0, 0.1) is 0 Å². The van der Waals surface area contributed by atoms with E-state index in [9.17, 15) is 9.90 Å². The molecule has 1 aromatic rings. The van der Waals surface area contributed by atoms with E-state index < -0.39 is 17.9 Å². The summed E-state index contributed by atoms with van der Waals surface area (Å²) in [5, 5.41) is 19.9. The molecule has 1 rings (SSSR count). The number of aliphatic imine (C=N–C) groups is 1. The predicted molar refractivity (Wildman–Crippen MR) is 59.2 cm³/mol. The second kappa shape index (κ2) is 8.06. The fourth-order valence-corrected chi connectivity index (χ4v) is 1.23. The molecular weight excluding hydrogens is 229 g/mol. The van der Waals surface area contributed by atoms with Crippen LogP contribution in [0.15, 0.2) is 48.0 Å². The van der Waals surface area contributed by atoms with E-state index in [2.05, 4.69) is 11.6 Å². The van der Waals surface area contributed by atoms with Gasteiger partial charge in [0.25, 0.3) is 0 Å². The maximum atomic E-state index is 11.0. The molecule has 0 amide bonds. The molecule has 4 nitrogen and oxygen atoms in total. The van der Waals surface area contributed by atoms with E-state index in [-0.39, 0.29) is 36.0 Å². The molecule has 0 radical (unpaired) electrons. The Bertz CT molecular complexity index is 403. The average Bonchev–Trinajstić information content (AvgIpc) is 2.29.